The highest BCUT2D eigenvalue weighted by molar-refractivity contribution is 7.80. The van der Waals surface area contributed by atoms with Gasteiger partial charge in [0.05, 0.1) is 5.56 Å². The molecule has 0 aliphatic carbocycles. The number of halogens is 1. The van der Waals surface area contributed by atoms with Crippen molar-refractivity contribution < 1.29 is 9.18 Å². The van der Waals surface area contributed by atoms with Crippen molar-refractivity contribution in [2.24, 2.45) is 0 Å². The maximum Gasteiger partial charge on any atom is 0.257 e. The number of carbonyl (C=O) groups excluding carboxylic acids is 1. The van der Waals surface area contributed by atoms with Gasteiger partial charge in [0.15, 0.2) is 0 Å². The van der Waals surface area contributed by atoms with Crippen LogP contribution in [-0.4, -0.2) is 48.9 Å². The largest absolute Gasteiger partial charge is 0.334 e. The molecule has 1 amide bonds. The average Bonchev–Trinajstić information content (AvgIpc) is 2.78. The number of likely N-dealkylation sites (tertiary alicyclic amines) is 1. The average molecular weight is 282 g/mol. The van der Waals surface area contributed by atoms with E-state index in [2.05, 4.69) is 17.5 Å². The summed E-state index contributed by atoms with van der Waals surface area (Å²) in [4.78, 5) is 16.9. The van der Waals surface area contributed by atoms with Gasteiger partial charge in [0.25, 0.3) is 5.91 Å². The van der Waals surface area contributed by atoms with Crippen LogP contribution in [0, 0.1) is 5.82 Å². The molecule has 2 rings (SSSR count). The molecule has 3 nitrogen and oxygen atoms in total. The summed E-state index contributed by atoms with van der Waals surface area (Å²) in [5.41, 5.74) is 0.123. The van der Waals surface area contributed by atoms with Crippen molar-refractivity contribution in [1.29, 1.82) is 0 Å². The molecule has 0 bridgehead atoms. The summed E-state index contributed by atoms with van der Waals surface area (Å²) in [6, 6.07) is 4.53. The van der Waals surface area contributed by atoms with E-state index < -0.39 is 5.82 Å². The number of thiol groups is 1. The fourth-order valence-corrected chi connectivity index (χ4v) is 2.75. The van der Waals surface area contributed by atoms with Crippen LogP contribution in [0.1, 0.15) is 23.2 Å². The van der Waals surface area contributed by atoms with Gasteiger partial charge >= 0.3 is 0 Å². The lowest BCUT2D eigenvalue weighted by Gasteiger charge is -2.27. The third-order valence-electron chi connectivity index (χ3n) is 3.39. The Balaban J connectivity index is 2.20. The van der Waals surface area contributed by atoms with Crippen LogP contribution < -0.4 is 0 Å². The highest BCUT2D eigenvalue weighted by atomic mass is 32.1. The zero-order valence-electron chi connectivity index (χ0n) is 11.3. The molecule has 5 heteroatoms. The highest BCUT2D eigenvalue weighted by Gasteiger charge is 2.30. The van der Waals surface area contributed by atoms with E-state index in [1.165, 1.54) is 12.1 Å². The number of rotatable bonds is 3. The van der Waals surface area contributed by atoms with Crippen LogP contribution in [0.3, 0.4) is 0 Å². The van der Waals surface area contributed by atoms with E-state index in [9.17, 15) is 9.18 Å². The predicted octanol–water partition coefficient (Wildman–Crippen LogP) is 2.28. The molecule has 1 heterocycles. The summed E-state index contributed by atoms with van der Waals surface area (Å²) in [7, 11) is 3.96. The second-order valence-corrected chi connectivity index (χ2v) is 5.74. The van der Waals surface area contributed by atoms with E-state index in [0.29, 0.717) is 11.4 Å². The van der Waals surface area contributed by atoms with Crippen LogP contribution in [0.2, 0.25) is 0 Å². The molecule has 0 N–H and O–H groups in total. The first-order valence-corrected chi connectivity index (χ1v) is 6.88. The van der Waals surface area contributed by atoms with E-state index in [4.69, 9.17) is 0 Å². The van der Waals surface area contributed by atoms with Crippen LogP contribution in [-0.2, 0) is 0 Å². The van der Waals surface area contributed by atoms with Gasteiger partial charge in [-0.3, -0.25) is 4.79 Å². The Kier molecular flexibility index (Phi) is 4.47. The molecule has 0 radical (unpaired) electrons. The van der Waals surface area contributed by atoms with Gasteiger partial charge in [-0.15, -0.1) is 12.6 Å². The monoisotopic (exact) mass is 282 g/mol. The van der Waals surface area contributed by atoms with E-state index in [1.54, 1.807) is 11.0 Å². The zero-order valence-corrected chi connectivity index (χ0v) is 12.2. The minimum atomic E-state index is -0.474. The third kappa shape index (κ3) is 3.28. The lowest BCUT2D eigenvalue weighted by molar-refractivity contribution is 0.0711. The van der Waals surface area contributed by atoms with Gasteiger partial charge in [-0.2, -0.15) is 0 Å². The molecule has 0 spiro atoms. The maximum absolute atomic E-state index is 13.8. The fourth-order valence-electron chi connectivity index (χ4n) is 2.55. The number of amides is 1. The predicted molar refractivity (Wildman–Crippen MR) is 76.3 cm³/mol. The van der Waals surface area contributed by atoms with E-state index in [0.717, 1.165) is 19.4 Å². The Morgan fingerprint density at radius 3 is 2.95 bits per heavy atom. The Morgan fingerprint density at radius 1 is 1.53 bits per heavy atom. The molecule has 0 saturated carbocycles. The van der Waals surface area contributed by atoms with Gasteiger partial charge in [0.1, 0.15) is 5.82 Å². The molecule has 19 heavy (non-hydrogen) atoms. The number of likely N-dealkylation sites (N-methyl/N-ethyl adjacent to an activating group) is 1. The first kappa shape index (κ1) is 14.3. The minimum absolute atomic E-state index is 0.123. The number of nitrogens with zero attached hydrogens (tertiary/aromatic N) is 2. The lowest BCUT2D eigenvalue weighted by Crippen LogP contribution is -2.41. The van der Waals surface area contributed by atoms with Gasteiger partial charge in [0.2, 0.25) is 0 Å². The second kappa shape index (κ2) is 5.92. The summed E-state index contributed by atoms with van der Waals surface area (Å²) in [6.45, 7) is 1.52. The summed E-state index contributed by atoms with van der Waals surface area (Å²) in [5, 5.41) is 0. The second-order valence-electron chi connectivity index (χ2n) is 5.22. The highest BCUT2D eigenvalue weighted by Crippen LogP contribution is 2.23. The van der Waals surface area contributed by atoms with Gasteiger partial charge in [-0.1, -0.05) is 0 Å². The summed E-state index contributed by atoms with van der Waals surface area (Å²) in [5.74, 6) is -0.698. The molecule has 104 valence electrons. The molecule has 1 unspecified atom stereocenters. The normalized spacial score (nSPS) is 19.2. The van der Waals surface area contributed by atoms with Crippen molar-refractivity contribution in [2.45, 2.75) is 23.8 Å². The molecule has 0 aromatic heterocycles. The third-order valence-corrected chi connectivity index (χ3v) is 3.67. The van der Waals surface area contributed by atoms with Crippen LogP contribution >= 0.6 is 12.6 Å². The van der Waals surface area contributed by atoms with Crippen molar-refractivity contribution in [2.75, 3.05) is 27.2 Å². The van der Waals surface area contributed by atoms with Gasteiger partial charge in [0, 0.05) is 24.0 Å². The summed E-state index contributed by atoms with van der Waals surface area (Å²) < 4.78 is 13.8. The summed E-state index contributed by atoms with van der Waals surface area (Å²) in [6.07, 6.45) is 1.96. The lowest BCUT2D eigenvalue weighted by atomic mass is 10.1. The smallest absolute Gasteiger partial charge is 0.257 e. The molecule has 1 aromatic rings. The topological polar surface area (TPSA) is 23.6 Å². The van der Waals surface area contributed by atoms with Gasteiger partial charge in [-0.05, 0) is 45.1 Å². The fraction of sp³-hybridized carbons (Fsp3) is 0.500. The molecule has 1 atom stereocenters. The first-order chi connectivity index (χ1) is 8.99. The van der Waals surface area contributed by atoms with E-state index in [1.807, 2.05) is 14.1 Å². The van der Waals surface area contributed by atoms with Crippen LogP contribution in [0.25, 0.3) is 0 Å². The molecule has 1 saturated heterocycles. The Labute approximate surface area is 118 Å². The Hall–Kier alpha value is -1.07. The van der Waals surface area contributed by atoms with Crippen molar-refractivity contribution in [3.8, 4) is 0 Å². The molecule has 1 aliphatic heterocycles. The van der Waals surface area contributed by atoms with Crippen molar-refractivity contribution in [1.82, 2.24) is 9.80 Å². The summed E-state index contributed by atoms with van der Waals surface area (Å²) >= 11 is 4.17. The van der Waals surface area contributed by atoms with Crippen molar-refractivity contribution in [3.05, 3.63) is 29.6 Å². The SMILES string of the molecule is CN(C)CC1CCCN1C(=O)c1cc(S)ccc1F. The molecule has 1 aromatic carbocycles. The Bertz CT molecular complexity index is 479. The van der Waals surface area contributed by atoms with Crippen LogP contribution in [0.15, 0.2) is 23.1 Å². The van der Waals surface area contributed by atoms with Crippen LogP contribution in [0.4, 0.5) is 4.39 Å². The maximum atomic E-state index is 13.8. The van der Waals surface area contributed by atoms with Gasteiger partial charge < -0.3 is 9.80 Å². The molecule has 1 fully saturated rings. The van der Waals surface area contributed by atoms with E-state index >= 15 is 0 Å². The quantitative estimate of drug-likeness (QED) is 0.860. The van der Waals surface area contributed by atoms with Gasteiger partial charge in [-0.25, -0.2) is 4.39 Å². The van der Waals surface area contributed by atoms with Crippen molar-refractivity contribution >= 4 is 18.5 Å². The number of hydrogen-bond acceptors (Lipinski definition) is 3. The number of carbonyl (C=O) groups is 1. The van der Waals surface area contributed by atoms with Crippen LogP contribution in [0.5, 0.6) is 0 Å². The van der Waals surface area contributed by atoms with Crippen molar-refractivity contribution in [3.63, 3.8) is 0 Å². The first-order valence-electron chi connectivity index (χ1n) is 6.43. The Morgan fingerprint density at radius 2 is 2.26 bits per heavy atom. The van der Waals surface area contributed by atoms with E-state index in [-0.39, 0.29) is 17.5 Å². The number of hydrogen-bond donors (Lipinski definition) is 1. The molecular weight excluding hydrogens is 263 g/mol. The zero-order chi connectivity index (χ0) is 14.0. The molecule has 1 aliphatic rings. The molecular formula is C14H19FN2OS. The number of benzene rings is 1. The minimum Gasteiger partial charge on any atom is -0.334 e. The standard InChI is InChI=1S/C14H19FN2OS/c1-16(2)9-10-4-3-7-17(10)14(18)12-8-11(19)5-6-13(12)15/h5-6,8,10,19H,3-4,7,9H2,1-2H3.